The number of benzene rings is 1. The van der Waals surface area contributed by atoms with Crippen molar-refractivity contribution >= 4 is 29.9 Å². The Morgan fingerprint density at radius 3 is 2.76 bits per heavy atom. The zero-order valence-corrected chi connectivity index (χ0v) is 19.7. The fourth-order valence-corrected chi connectivity index (χ4v) is 3.35. The van der Waals surface area contributed by atoms with E-state index < -0.39 is 0 Å². The molecule has 29 heavy (non-hydrogen) atoms. The van der Waals surface area contributed by atoms with Crippen LogP contribution in [0.1, 0.15) is 30.1 Å². The second-order valence-electron chi connectivity index (χ2n) is 6.89. The summed E-state index contributed by atoms with van der Waals surface area (Å²) in [6.45, 7) is 2.11. The minimum Gasteiger partial charge on any atom is -0.497 e. The maximum absolute atomic E-state index is 5.20. The third kappa shape index (κ3) is 6.84. The maximum Gasteiger partial charge on any atom is 0.191 e. The molecule has 0 aliphatic carbocycles. The molecule has 0 bridgehead atoms. The highest BCUT2D eigenvalue weighted by atomic mass is 127. The van der Waals surface area contributed by atoms with Gasteiger partial charge in [-0.15, -0.1) is 24.0 Å². The minimum absolute atomic E-state index is 0. The molecule has 1 aliphatic rings. The Kier molecular flexibility index (Phi) is 9.65. The van der Waals surface area contributed by atoms with Gasteiger partial charge in [-0.1, -0.05) is 12.1 Å². The average molecular weight is 514 g/mol. The summed E-state index contributed by atoms with van der Waals surface area (Å²) in [6, 6.07) is 8.52. The number of guanidine groups is 1. The SMILES string of the molecule is CN=C(NCCCc1ccc(OC)cc1)NC1CCc2nc(COC)nn2C1.I. The molecule has 3 rings (SSSR count). The van der Waals surface area contributed by atoms with E-state index in [9.17, 15) is 0 Å². The number of hydrogen-bond acceptors (Lipinski definition) is 5. The second kappa shape index (κ2) is 12.0. The van der Waals surface area contributed by atoms with E-state index in [4.69, 9.17) is 9.47 Å². The van der Waals surface area contributed by atoms with Crippen LogP contribution in [0.2, 0.25) is 0 Å². The first-order valence-corrected chi connectivity index (χ1v) is 9.73. The summed E-state index contributed by atoms with van der Waals surface area (Å²) < 4.78 is 12.3. The highest BCUT2D eigenvalue weighted by Crippen LogP contribution is 2.14. The van der Waals surface area contributed by atoms with Crippen LogP contribution in [0.4, 0.5) is 0 Å². The summed E-state index contributed by atoms with van der Waals surface area (Å²) in [4.78, 5) is 8.87. The fourth-order valence-electron chi connectivity index (χ4n) is 3.35. The average Bonchev–Trinajstić information content (AvgIpc) is 3.12. The van der Waals surface area contributed by atoms with Crippen molar-refractivity contribution < 1.29 is 9.47 Å². The Hall–Kier alpha value is -1.88. The molecule has 1 unspecified atom stereocenters. The molecule has 2 aromatic rings. The van der Waals surface area contributed by atoms with E-state index >= 15 is 0 Å². The van der Waals surface area contributed by atoms with E-state index in [0.717, 1.165) is 62.1 Å². The van der Waals surface area contributed by atoms with Crippen molar-refractivity contribution in [3.05, 3.63) is 41.5 Å². The molecule has 0 radical (unpaired) electrons. The lowest BCUT2D eigenvalue weighted by Gasteiger charge is -2.25. The first-order valence-electron chi connectivity index (χ1n) is 9.73. The van der Waals surface area contributed by atoms with Gasteiger partial charge in [0, 0.05) is 33.2 Å². The van der Waals surface area contributed by atoms with Crippen molar-refractivity contribution in [1.29, 1.82) is 0 Å². The molecule has 0 amide bonds. The second-order valence-corrected chi connectivity index (χ2v) is 6.89. The summed E-state index contributed by atoms with van der Waals surface area (Å²) in [5.41, 5.74) is 1.31. The Morgan fingerprint density at radius 2 is 2.07 bits per heavy atom. The molecular weight excluding hydrogens is 483 g/mol. The molecule has 1 aliphatic heterocycles. The van der Waals surface area contributed by atoms with Crippen molar-refractivity contribution in [2.75, 3.05) is 27.8 Å². The molecule has 1 aromatic heterocycles. The highest BCUT2D eigenvalue weighted by Gasteiger charge is 2.22. The lowest BCUT2D eigenvalue weighted by molar-refractivity contribution is 0.177. The number of rotatable bonds is 8. The number of nitrogens with one attached hydrogen (secondary N) is 2. The van der Waals surface area contributed by atoms with Gasteiger partial charge in [-0.3, -0.25) is 4.99 Å². The molecule has 0 spiro atoms. The topological polar surface area (TPSA) is 85.6 Å². The van der Waals surface area contributed by atoms with E-state index in [2.05, 4.69) is 37.8 Å². The smallest absolute Gasteiger partial charge is 0.191 e. The van der Waals surface area contributed by atoms with Crippen LogP contribution in [0.25, 0.3) is 0 Å². The standard InChI is InChI=1S/C20H30N6O2.HI/c1-21-20(22-12-4-5-15-6-9-17(28-3)10-7-15)23-16-8-11-19-24-18(14-27-2)25-26(19)13-16;/h6-7,9-10,16H,4-5,8,11-14H2,1-3H3,(H2,21,22,23);1H. The number of aryl methyl sites for hydroxylation is 2. The fraction of sp³-hybridized carbons (Fsp3) is 0.550. The quantitative estimate of drug-likeness (QED) is 0.243. The molecule has 1 atom stereocenters. The van der Waals surface area contributed by atoms with Gasteiger partial charge in [0.05, 0.1) is 13.7 Å². The van der Waals surface area contributed by atoms with Gasteiger partial charge in [0.1, 0.15) is 18.2 Å². The molecule has 1 aromatic carbocycles. The first kappa shape index (κ1) is 23.4. The Bertz CT molecular complexity index is 778. The number of hydrogen-bond donors (Lipinski definition) is 2. The van der Waals surface area contributed by atoms with Crippen molar-refractivity contribution in [2.24, 2.45) is 4.99 Å². The van der Waals surface area contributed by atoms with Crippen LogP contribution in [-0.4, -0.2) is 54.6 Å². The van der Waals surface area contributed by atoms with Crippen LogP contribution in [0, 0.1) is 0 Å². The number of aromatic nitrogens is 3. The van der Waals surface area contributed by atoms with Gasteiger partial charge in [-0.25, -0.2) is 9.67 Å². The lowest BCUT2D eigenvalue weighted by atomic mass is 10.1. The van der Waals surface area contributed by atoms with Gasteiger partial charge in [-0.2, -0.15) is 5.10 Å². The zero-order chi connectivity index (χ0) is 19.8. The Morgan fingerprint density at radius 1 is 1.28 bits per heavy atom. The molecule has 0 saturated heterocycles. The maximum atomic E-state index is 5.20. The van der Waals surface area contributed by atoms with E-state index in [0.29, 0.717) is 6.61 Å². The first-order chi connectivity index (χ1) is 13.7. The van der Waals surface area contributed by atoms with E-state index in [1.807, 2.05) is 16.8 Å². The summed E-state index contributed by atoms with van der Waals surface area (Å²) >= 11 is 0. The summed E-state index contributed by atoms with van der Waals surface area (Å²) in [7, 11) is 5.15. The van der Waals surface area contributed by atoms with Crippen LogP contribution < -0.4 is 15.4 Å². The Balaban J connectivity index is 0.00000300. The predicted molar refractivity (Wildman–Crippen MR) is 124 cm³/mol. The molecule has 2 N–H and O–H groups in total. The predicted octanol–water partition coefficient (Wildman–Crippen LogP) is 2.16. The van der Waals surface area contributed by atoms with Gasteiger partial charge in [-0.05, 0) is 37.0 Å². The number of halogens is 1. The molecule has 9 heteroatoms. The van der Waals surface area contributed by atoms with Crippen molar-refractivity contribution in [1.82, 2.24) is 25.4 Å². The van der Waals surface area contributed by atoms with Crippen LogP contribution in [-0.2, 0) is 30.7 Å². The minimum atomic E-state index is 0. The monoisotopic (exact) mass is 514 g/mol. The van der Waals surface area contributed by atoms with Crippen LogP contribution in [0.5, 0.6) is 5.75 Å². The normalized spacial score (nSPS) is 16.0. The lowest BCUT2D eigenvalue weighted by Crippen LogP contribution is -2.47. The highest BCUT2D eigenvalue weighted by molar-refractivity contribution is 14.0. The van der Waals surface area contributed by atoms with Crippen LogP contribution >= 0.6 is 24.0 Å². The number of fused-ring (bicyclic) bond motifs is 1. The number of aliphatic imine (C=N–C) groups is 1. The zero-order valence-electron chi connectivity index (χ0n) is 17.4. The van der Waals surface area contributed by atoms with Crippen LogP contribution in [0.3, 0.4) is 0 Å². The van der Waals surface area contributed by atoms with Gasteiger partial charge in [0.25, 0.3) is 0 Å². The molecule has 0 saturated carbocycles. The third-order valence-corrected chi connectivity index (χ3v) is 4.83. The van der Waals surface area contributed by atoms with Crippen LogP contribution in [0.15, 0.2) is 29.3 Å². The molecule has 2 heterocycles. The number of ether oxygens (including phenoxy) is 2. The summed E-state index contributed by atoms with van der Waals surface area (Å²) in [5.74, 6) is 3.51. The van der Waals surface area contributed by atoms with E-state index in [-0.39, 0.29) is 30.0 Å². The number of nitrogens with zero attached hydrogens (tertiary/aromatic N) is 4. The largest absolute Gasteiger partial charge is 0.497 e. The Labute approximate surface area is 189 Å². The van der Waals surface area contributed by atoms with E-state index in [1.54, 1.807) is 21.3 Å². The van der Waals surface area contributed by atoms with Crippen molar-refractivity contribution in [2.45, 2.75) is 44.9 Å². The molecule has 0 fully saturated rings. The third-order valence-electron chi connectivity index (χ3n) is 4.83. The molecule has 8 nitrogen and oxygen atoms in total. The van der Waals surface area contributed by atoms with Crippen molar-refractivity contribution in [3.63, 3.8) is 0 Å². The van der Waals surface area contributed by atoms with Crippen molar-refractivity contribution in [3.8, 4) is 5.75 Å². The molecular formula is C20H31IN6O2. The van der Waals surface area contributed by atoms with Gasteiger partial charge in [0.2, 0.25) is 0 Å². The summed E-state index contributed by atoms with van der Waals surface area (Å²) in [5, 5.41) is 11.4. The number of methoxy groups -OCH3 is 2. The molecule has 160 valence electrons. The van der Waals surface area contributed by atoms with Gasteiger partial charge < -0.3 is 20.1 Å². The van der Waals surface area contributed by atoms with Gasteiger partial charge >= 0.3 is 0 Å². The van der Waals surface area contributed by atoms with Gasteiger partial charge in [0.15, 0.2) is 11.8 Å². The van der Waals surface area contributed by atoms with E-state index in [1.165, 1.54) is 5.56 Å². The summed E-state index contributed by atoms with van der Waals surface area (Å²) in [6.07, 6.45) is 3.97.